The molecule has 0 spiro atoms. The SMILES string of the molecule is COc1cccc(CCC(=O)N(Cc2ccc(N(C)C)cc2)CC2CCCO2)c1OC. The smallest absolute Gasteiger partial charge is 0.223 e. The van der Waals surface area contributed by atoms with Gasteiger partial charge in [0.2, 0.25) is 5.91 Å². The van der Waals surface area contributed by atoms with Crippen LogP contribution in [0.4, 0.5) is 5.69 Å². The molecule has 1 amide bonds. The number of hydrogen-bond acceptors (Lipinski definition) is 5. The van der Waals surface area contributed by atoms with Gasteiger partial charge < -0.3 is 24.0 Å². The van der Waals surface area contributed by atoms with Crippen LogP contribution in [0.5, 0.6) is 11.5 Å². The number of methoxy groups -OCH3 is 2. The van der Waals surface area contributed by atoms with Crippen molar-refractivity contribution in [3.8, 4) is 11.5 Å². The molecule has 0 radical (unpaired) electrons. The van der Waals surface area contributed by atoms with Crippen LogP contribution in [-0.4, -0.2) is 58.4 Å². The van der Waals surface area contributed by atoms with Gasteiger partial charge in [-0.3, -0.25) is 4.79 Å². The molecule has 1 heterocycles. The molecular formula is C25H34N2O4. The maximum absolute atomic E-state index is 13.2. The third-order valence-corrected chi connectivity index (χ3v) is 5.72. The Morgan fingerprint density at radius 1 is 1.10 bits per heavy atom. The van der Waals surface area contributed by atoms with Crippen LogP contribution in [0.2, 0.25) is 0 Å². The summed E-state index contributed by atoms with van der Waals surface area (Å²) in [5.41, 5.74) is 3.24. The first-order valence-corrected chi connectivity index (χ1v) is 10.9. The van der Waals surface area contributed by atoms with E-state index in [-0.39, 0.29) is 12.0 Å². The lowest BCUT2D eigenvalue weighted by Gasteiger charge is -2.26. The van der Waals surface area contributed by atoms with E-state index in [2.05, 4.69) is 29.2 Å². The summed E-state index contributed by atoms with van der Waals surface area (Å²) in [6, 6.07) is 14.1. The van der Waals surface area contributed by atoms with Gasteiger partial charge in [-0.25, -0.2) is 0 Å². The molecule has 0 bridgehead atoms. The molecule has 3 rings (SSSR count). The van der Waals surface area contributed by atoms with Crippen molar-refractivity contribution >= 4 is 11.6 Å². The summed E-state index contributed by atoms with van der Waals surface area (Å²) in [6.45, 7) is 2.00. The summed E-state index contributed by atoms with van der Waals surface area (Å²) in [4.78, 5) is 17.2. The van der Waals surface area contributed by atoms with Gasteiger partial charge in [-0.1, -0.05) is 24.3 Å². The van der Waals surface area contributed by atoms with E-state index in [1.807, 2.05) is 37.2 Å². The second kappa shape index (κ2) is 11.0. The Morgan fingerprint density at radius 2 is 1.87 bits per heavy atom. The van der Waals surface area contributed by atoms with Crippen LogP contribution in [0, 0.1) is 0 Å². The maximum atomic E-state index is 13.2. The standard InChI is InChI=1S/C25H34N2O4/c1-26(2)21-13-10-19(11-14-21)17-27(18-22-8-6-16-31-22)24(28)15-12-20-7-5-9-23(29-3)25(20)30-4/h5,7,9-11,13-14,22H,6,8,12,15-18H2,1-4H3. The molecule has 0 N–H and O–H groups in total. The summed E-state index contributed by atoms with van der Waals surface area (Å²) in [6.07, 6.45) is 3.20. The molecule has 1 aliphatic heterocycles. The minimum atomic E-state index is 0.122. The third-order valence-electron chi connectivity index (χ3n) is 5.72. The van der Waals surface area contributed by atoms with E-state index in [0.717, 1.165) is 36.3 Å². The van der Waals surface area contributed by atoms with Crippen LogP contribution in [0.3, 0.4) is 0 Å². The van der Waals surface area contributed by atoms with Crippen LogP contribution in [0.1, 0.15) is 30.4 Å². The molecule has 1 aliphatic rings. The fraction of sp³-hybridized carbons (Fsp3) is 0.480. The summed E-state index contributed by atoms with van der Waals surface area (Å²) >= 11 is 0. The number of para-hydroxylation sites is 1. The topological polar surface area (TPSA) is 51.2 Å². The van der Waals surface area contributed by atoms with E-state index in [0.29, 0.717) is 37.4 Å². The van der Waals surface area contributed by atoms with Crippen molar-refractivity contribution in [2.24, 2.45) is 0 Å². The lowest BCUT2D eigenvalue weighted by Crippen LogP contribution is -2.37. The van der Waals surface area contributed by atoms with Gasteiger partial charge in [0.25, 0.3) is 0 Å². The van der Waals surface area contributed by atoms with E-state index < -0.39 is 0 Å². The van der Waals surface area contributed by atoms with Crippen molar-refractivity contribution in [3.05, 3.63) is 53.6 Å². The molecule has 0 aliphatic carbocycles. The van der Waals surface area contributed by atoms with Crippen LogP contribution >= 0.6 is 0 Å². The number of rotatable bonds is 10. The van der Waals surface area contributed by atoms with E-state index >= 15 is 0 Å². The quantitative estimate of drug-likeness (QED) is 0.577. The number of ether oxygens (including phenoxy) is 3. The number of benzene rings is 2. The summed E-state index contributed by atoms with van der Waals surface area (Å²) in [7, 11) is 7.30. The molecular weight excluding hydrogens is 392 g/mol. The number of carbonyl (C=O) groups excluding carboxylic acids is 1. The van der Waals surface area contributed by atoms with Gasteiger partial charge in [0, 0.05) is 45.9 Å². The Balaban J connectivity index is 1.70. The Hall–Kier alpha value is -2.73. The second-order valence-electron chi connectivity index (χ2n) is 8.12. The van der Waals surface area contributed by atoms with Crippen molar-refractivity contribution < 1.29 is 19.0 Å². The molecule has 168 valence electrons. The van der Waals surface area contributed by atoms with Gasteiger partial charge in [0.1, 0.15) is 0 Å². The Kier molecular flexibility index (Phi) is 8.18. The van der Waals surface area contributed by atoms with Gasteiger partial charge >= 0.3 is 0 Å². The number of anilines is 1. The van der Waals surface area contributed by atoms with Crippen molar-refractivity contribution in [2.45, 2.75) is 38.3 Å². The Morgan fingerprint density at radius 3 is 2.48 bits per heavy atom. The van der Waals surface area contributed by atoms with Crippen molar-refractivity contribution in [2.75, 3.05) is 46.4 Å². The average Bonchev–Trinajstić information content (AvgIpc) is 3.30. The third kappa shape index (κ3) is 6.14. The van der Waals surface area contributed by atoms with E-state index in [4.69, 9.17) is 14.2 Å². The minimum absolute atomic E-state index is 0.122. The number of aryl methyl sites for hydroxylation is 1. The summed E-state index contributed by atoms with van der Waals surface area (Å²) in [5.74, 6) is 1.50. The molecule has 1 saturated heterocycles. The zero-order valence-corrected chi connectivity index (χ0v) is 19.1. The molecule has 2 aromatic carbocycles. The summed E-state index contributed by atoms with van der Waals surface area (Å²) in [5, 5.41) is 0. The van der Waals surface area contributed by atoms with Crippen molar-refractivity contribution in [1.82, 2.24) is 4.90 Å². The van der Waals surface area contributed by atoms with E-state index in [1.54, 1.807) is 14.2 Å². The van der Waals surface area contributed by atoms with Crippen molar-refractivity contribution in [1.29, 1.82) is 0 Å². The highest BCUT2D eigenvalue weighted by Gasteiger charge is 2.23. The highest BCUT2D eigenvalue weighted by Crippen LogP contribution is 2.31. The zero-order valence-electron chi connectivity index (χ0n) is 19.1. The fourth-order valence-electron chi connectivity index (χ4n) is 3.96. The van der Waals surface area contributed by atoms with Crippen LogP contribution in [0.25, 0.3) is 0 Å². The number of hydrogen-bond donors (Lipinski definition) is 0. The average molecular weight is 427 g/mol. The van der Waals surface area contributed by atoms with Gasteiger partial charge in [0.05, 0.1) is 20.3 Å². The fourth-order valence-corrected chi connectivity index (χ4v) is 3.96. The zero-order chi connectivity index (χ0) is 22.2. The van der Waals surface area contributed by atoms with Crippen LogP contribution < -0.4 is 14.4 Å². The minimum Gasteiger partial charge on any atom is -0.493 e. The van der Waals surface area contributed by atoms with Crippen LogP contribution in [-0.2, 0) is 22.5 Å². The molecule has 1 unspecified atom stereocenters. The van der Waals surface area contributed by atoms with Gasteiger partial charge in [-0.15, -0.1) is 0 Å². The first-order valence-electron chi connectivity index (χ1n) is 10.9. The lowest BCUT2D eigenvalue weighted by atomic mass is 10.1. The van der Waals surface area contributed by atoms with Gasteiger partial charge in [-0.05, 0) is 48.6 Å². The first kappa shape index (κ1) is 22.9. The molecule has 31 heavy (non-hydrogen) atoms. The Labute approximate surface area is 185 Å². The van der Waals surface area contributed by atoms with E-state index in [1.165, 1.54) is 0 Å². The normalized spacial score (nSPS) is 15.5. The Bertz CT molecular complexity index is 845. The summed E-state index contributed by atoms with van der Waals surface area (Å²) < 4.78 is 16.7. The van der Waals surface area contributed by atoms with E-state index in [9.17, 15) is 4.79 Å². The molecule has 0 saturated carbocycles. The molecule has 6 nitrogen and oxygen atoms in total. The monoisotopic (exact) mass is 426 g/mol. The maximum Gasteiger partial charge on any atom is 0.223 e. The number of nitrogens with zero attached hydrogens (tertiary/aromatic N) is 2. The molecule has 1 fully saturated rings. The van der Waals surface area contributed by atoms with Gasteiger partial charge in [0.15, 0.2) is 11.5 Å². The number of carbonyl (C=O) groups is 1. The largest absolute Gasteiger partial charge is 0.493 e. The second-order valence-corrected chi connectivity index (χ2v) is 8.12. The first-order chi connectivity index (χ1) is 15.0. The highest BCUT2D eigenvalue weighted by atomic mass is 16.5. The molecule has 2 aromatic rings. The molecule has 0 aromatic heterocycles. The predicted molar refractivity (Wildman–Crippen MR) is 123 cm³/mol. The van der Waals surface area contributed by atoms with Crippen molar-refractivity contribution in [3.63, 3.8) is 0 Å². The molecule has 6 heteroatoms. The van der Waals surface area contributed by atoms with Crippen LogP contribution in [0.15, 0.2) is 42.5 Å². The highest BCUT2D eigenvalue weighted by molar-refractivity contribution is 5.76. The molecule has 1 atom stereocenters. The van der Waals surface area contributed by atoms with Gasteiger partial charge in [-0.2, -0.15) is 0 Å². The lowest BCUT2D eigenvalue weighted by molar-refractivity contribution is -0.133. The predicted octanol–water partition coefficient (Wildman–Crippen LogP) is 3.91. The number of amides is 1.